The molecule has 1 aliphatic rings. The monoisotopic (exact) mass is 434 g/mol. The lowest BCUT2D eigenvalue weighted by molar-refractivity contribution is -0.129. The van der Waals surface area contributed by atoms with E-state index in [1.165, 1.54) is 0 Å². The van der Waals surface area contributed by atoms with Crippen LogP contribution in [0.1, 0.15) is 28.7 Å². The number of imidazole rings is 1. The number of fused-ring (bicyclic) bond motifs is 1. The number of para-hydroxylation sites is 1. The second kappa shape index (κ2) is 7.83. The standard InChI is InChI=1S/C23H23ClN6O/c1-15-21(16(2)30(27-15)19-6-4-3-5-7-19)22-23(31)25-10-11-28(22)13-18-14-29-12-17(24)8-9-20(29)26-18/h3-9,12,14,22H,10-11,13H2,1-2H3,(H,25,31)/t22-/m0/s1. The number of halogens is 1. The van der Waals surface area contributed by atoms with Gasteiger partial charge in [-0.1, -0.05) is 29.8 Å². The van der Waals surface area contributed by atoms with Crippen LogP contribution in [0.5, 0.6) is 0 Å². The molecule has 7 nitrogen and oxygen atoms in total. The molecular weight excluding hydrogens is 412 g/mol. The van der Waals surface area contributed by atoms with Crippen LogP contribution >= 0.6 is 11.6 Å². The number of nitrogens with zero attached hydrogens (tertiary/aromatic N) is 5. The van der Waals surface area contributed by atoms with Gasteiger partial charge in [0.15, 0.2) is 0 Å². The summed E-state index contributed by atoms with van der Waals surface area (Å²) in [6.07, 6.45) is 3.81. The van der Waals surface area contributed by atoms with Gasteiger partial charge in [0.05, 0.1) is 22.1 Å². The lowest BCUT2D eigenvalue weighted by Gasteiger charge is -2.34. The van der Waals surface area contributed by atoms with Gasteiger partial charge in [0.25, 0.3) is 0 Å². The molecule has 1 fully saturated rings. The SMILES string of the molecule is Cc1nn(-c2ccccc2)c(C)c1[C@H]1C(=O)NCCN1Cc1cn2cc(Cl)ccc2n1. The first kappa shape index (κ1) is 19.8. The van der Waals surface area contributed by atoms with Crippen molar-refractivity contribution in [3.63, 3.8) is 0 Å². The van der Waals surface area contributed by atoms with Crippen LogP contribution in [0.25, 0.3) is 11.3 Å². The van der Waals surface area contributed by atoms with E-state index in [4.69, 9.17) is 21.7 Å². The predicted octanol–water partition coefficient (Wildman–Crippen LogP) is 3.46. The number of pyridine rings is 1. The summed E-state index contributed by atoms with van der Waals surface area (Å²) in [6, 6.07) is 13.3. The predicted molar refractivity (Wildman–Crippen MR) is 119 cm³/mol. The number of carbonyl (C=O) groups excluding carboxylic acids is 1. The molecule has 0 radical (unpaired) electrons. The minimum absolute atomic E-state index is 0.00290. The number of hydrogen-bond acceptors (Lipinski definition) is 4. The summed E-state index contributed by atoms with van der Waals surface area (Å²) in [5.74, 6) is -0.00290. The Labute approximate surface area is 185 Å². The summed E-state index contributed by atoms with van der Waals surface area (Å²) in [7, 11) is 0. The smallest absolute Gasteiger partial charge is 0.242 e. The van der Waals surface area contributed by atoms with Crippen LogP contribution in [0.15, 0.2) is 54.9 Å². The zero-order valence-corrected chi connectivity index (χ0v) is 18.2. The Hall–Kier alpha value is -3.16. The minimum atomic E-state index is -0.417. The van der Waals surface area contributed by atoms with E-state index in [2.05, 4.69) is 10.2 Å². The van der Waals surface area contributed by atoms with Crippen molar-refractivity contribution in [3.05, 3.63) is 82.5 Å². The maximum Gasteiger partial charge on any atom is 0.242 e. The Morgan fingerprint density at radius 3 is 2.74 bits per heavy atom. The second-order valence-corrected chi connectivity index (χ2v) is 8.28. The Bertz CT molecular complexity index is 1260. The molecule has 5 rings (SSSR count). The summed E-state index contributed by atoms with van der Waals surface area (Å²) in [5, 5.41) is 8.43. The lowest BCUT2D eigenvalue weighted by Crippen LogP contribution is -2.49. The van der Waals surface area contributed by atoms with Crippen LogP contribution < -0.4 is 5.32 Å². The molecule has 31 heavy (non-hydrogen) atoms. The number of benzene rings is 1. The molecule has 1 atom stereocenters. The van der Waals surface area contributed by atoms with Crippen LogP contribution in [-0.4, -0.2) is 43.1 Å². The van der Waals surface area contributed by atoms with Crippen molar-refractivity contribution >= 4 is 23.2 Å². The highest BCUT2D eigenvalue weighted by Crippen LogP contribution is 2.31. The summed E-state index contributed by atoms with van der Waals surface area (Å²) in [4.78, 5) is 19.9. The van der Waals surface area contributed by atoms with Gasteiger partial charge in [0.2, 0.25) is 5.91 Å². The van der Waals surface area contributed by atoms with E-state index in [1.54, 1.807) is 0 Å². The molecule has 1 amide bonds. The van der Waals surface area contributed by atoms with Crippen molar-refractivity contribution in [2.75, 3.05) is 13.1 Å². The highest BCUT2D eigenvalue weighted by molar-refractivity contribution is 6.30. The molecule has 0 spiro atoms. The Balaban J connectivity index is 1.51. The normalized spacial score (nSPS) is 17.3. The van der Waals surface area contributed by atoms with Gasteiger partial charge in [0.1, 0.15) is 11.7 Å². The van der Waals surface area contributed by atoms with Crippen LogP contribution in [0.2, 0.25) is 5.02 Å². The third kappa shape index (κ3) is 3.60. The van der Waals surface area contributed by atoms with Gasteiger partial charge in [-0.05, 0) is 38.1 Å². The molecule has 0 saturated carbocycles. The fraction of sp³-hybridized carbons (Fsp3) is 0.261. The lowest BCUT2D eigenvalue weighted by atomic mass is 10.00. The molecule has 1 aromatic carbocycles. The zero-order chi connectivity index (χ0) is 21.5. The van der Waals surface area contributed by atoms with Crippen molar-refractivity contribution in [2.45, 2.75) is 26.4 Å². The Morgan fingerprint density at radius 2 is 1.94 bits per heavy atom. The topological polar surface area (TPSA) is 67.5 Å². The fourth-order valence-electron chi connectivity index (χ4n) is 4.37. The molecule has 1 N–H and O–H groups in total. The third-order valence-corrected chi connectivity index (χ3v) is 5.99. The van der Waals surface area contributed by atoms with Crippen molar-refractivity contribution in [3.8, 4) is 5.69 Å². The van der Waals surface area contributed by atoms with Gasteiger partial charge in [-0.15, -0.1) is 0 Å². The molecule has 0 aliphatic carbocycles. The zero-order valence-electron chi connectivity index (χ0n) is 17.4. The first-order valence-electron chi connectivity index (χ1n) is 10.3. The number of hydrogen-bond donors (Lipinski definition) is 1. The van der Waals surface area contributed by atoms with Gasteiger partial charge in [0, 0.05) is 43.3 Å². The van der Waals surface area contributed by atoms with Crippen molar-refractivity contribution in [2.24, 2.45) is 0 Å². The number of amides is 1. The maximum atomic E-state index is 13.0. The maximum absolute atomic E-state index is 13.0. The minimum Gasteiger partial charge on any atom is -0.353 e. The van der Waals surface area contributed by atoms with E-state index >= 15 is 0 Å². The highest BCUT2D eigenvalue weighted by Gasteiger charge is 2.35. The van der Waals surface area contributed by atoms with Gasteiger partial charge in [-0.3, -0.25) is 9.69 Å². The van der Waals surface area contributed by atoms with Crippen LogP contribution in [0.3, 0.4) is 0 Å². The third-order valence-electron chi connectivity index (χ3n) is 5.76. The number of nitrogens with one attached hydrogen (secondary N) is 1. The summed E-state index contributed by atoms with van der Waals surface area (Å²) in [5.41, 5.74) is 5.49. The Kier molecular flexibility index (Phi) is 5.00. The number of aromatic nitrogens is 4. The number of rotatable bonds is 4. The average molecular weight is 435 g/mol. The number of aryl methyl sites for hydroxylation is 1. The molecular formula is C23H23ClN6O. The molecule has 8 heteroatoms. The molecule has 1 saturated heterocycles. The molecule has 158 valence electrons. The molecule has 4 aromatic rings. The van der Waals surface area contributed by atoms with Crippen molar-refractivity contribution in [1.29, 1.82) is 0 Å². The molecule has 0 bridgehead atoms. The van der Waals surface area contributed by atoms with E-state index in [-0.39, 0.29) is 5.91 Å². The van der Waals surface area contributed by atoms with E-state index in [9.17, 15) is 4.79 Å². The summed E-state index contributed by atoms with van der Waals surface area (Å²) in [6.45, 7) is 5.90. The van der Waals surface area contributed by atoms with E-state index < -0.39 is 6.04 Å². The summed E-state index contributed by atoms with van der Waals surface area (Å²) < 4.78 is 3.83. The van der Waals surface area contributed by atoms with E-state index in [0.717, 1.165) is 40.5 Å². The first-order chi connectivity index (χ1) is 15.0. The Morgan fingerprint density at radius 1 is 1.13 bits per heavy atom. The van der Waals surface area contributed by atoms with E-state index in [0.29, 0.717) is 18.1 Å². The highest BCUT2D eigenvalue weighted by atomic mass is 35.5. The largest absolute Gasteiger partial charge is 0.353 e. The molecule has 1 aliphatic heterocycles. The molecule has 0 unspecified atom stereocenters. The fourth-order valence-corrected chi connectivity index (χ4v) is 4.54. The van der Waals surface area contributed by atoms with Gasteiger partial charge >= 0.3 is 0 Å². The second-order valence-electron chi connectivity index (χ2n) is 7.84. The van der Waals surface area contributed by atoms with Crippen molar-refractivity contribution in [1.82, 2.24) is 29.4 Å². The molecule has 4 heterocycles. The first-order valence-corrected chi connectivity index (χ1v) is 10.7. The van der Waals surface area contributed by atoms with Gasteiger partial charge in [-0.2, -0.15) is 5.10 Å². The van der Waals surface area contributed by atoms with Crippen molar-refractivity contribution < 1.29 is 4.79 Å². The van der Waals surface area contributed by atoms with E-state index in [1.807, 2.05) is 77.8 Å². The molecule has 3 aromatic heterocycles. The number of piperazine rings is 1. The van der Waals surface area contributed by atoms with Gasteiger partial charge < -0.3 is 9.72 Å². The van der Waals surface area contributed by atoms with Crippen LogP contribution in [0, 0.1) is 13.8 Å². The van der Waals surface area contributed by atoms with Gasteiger partial charge in [-0.25, -0.2) is 9.67 Å². The quantitative estimate of drug-likeness (QED) is 0.534. The average Bonchev–Trinajstić information content (AvgIpc) is 3.28. The van der Waals surface area contributed by atoms with Crippen LogP contribution in [-0.2, 0) is 11.3 Å². The van der Waals surface area contributed by atoms with Crippen LogP contribution in [0.4, 0.5) is 0 Å². The number of carbonyl (C=O) groups is 1. The summed E-state index contributed by atoms with van der Waals surface area (Å²) >= 11 is 6.11.